The van der Waals surface area contributed by atoms with Crippen molar-refractivity contribution in [3.8, 4) is 0 Å². The van der Waals surface area contributed by atoms with E-state index in [0.29, 0.717) is 0 Å². The van der Waals surface area contributed by atoms with Crippen LogP contribution in [0.2, 0.25) is 0 Å². The van der Waals surface area contributed by atoms with Gasteiger partial charge in [-0.25, -0.2) is 0 Å². The number of aryl methyl sites for hydroxylation is 2. The second kappa shape index (κ2) is 3.25. The van der Waals surface area contributed by atoms with Gasteiger partial charge in [0.25, 0.3) is 0 Å². The Balaban J connectivity index is 2.55. The molecule has 13 heavy (non-hydrogen) atoms. The molecule has 1 heteroatoms. The molecule has 0 amide bonds. The highest BCUT2D eigenvalue weighted by Crippen LogP contribution is 2.20. The van der Waals surface area contributed by atoms with Crippen LogP contribution in [0.25, 0.3) is 10.9 Å². The first-order valence-electron chi connectivity index (χ1n) is 4.88. The molecule has 0 bridgehead atoms. The van der Waals surface area contributed by atoms with E-state index in [1.54, 1.807) is 0 Å². The predicted molar refractivity (Wildman–Crippen MR) is 57.0 cm³/mol. The standard InChI is InChI=1S/C12H15N/c1-3-4-10-8-13-12-7-9(2)5-6-11(10)12/h5-8,13H,3-4H2,1-2H3. The van der Waals surface area contributed by atoms with Crippen LogP contribution in [0, 0.1) is 6.92 Å². The highest BCUT2D eigenvalue weighted by Gasteiger charge is 2.01. The van der Waals surface area contributed by atoms with Crippen molar-refractivity contribution in [1.82, 2.24) is 4.98 Å². The third-order valence-corrected chi connectivity index (χ3v) is 2.44. The minimum absolute atomic E-state index is 1.17. The zero-order chi connectivity index (χ0) is 9.26. The van der Waals surface area contributed by atoms with Crippen LogP contribution in [0.5, 0.6) is 0 Å². The lowest BCUT2D eigenvalue weighted by Gasteiger charge is -1.96. The maximum atomic E-state index is 3.31. The summed E-state index contributed by atoms with van der Waals surface area (Å²) in [6, 6.07) is 6.59. The lowest BCUT2D eigenvalue weighted by Crippen LogP contribution is -1.79. The van der Waals surface area contributed by atoms with Crippen molar-refractivity contribution in [1.29, 1.82) is 0 Å². The Labute approximate surface area is 78.8 Å². The fraction of sp³-hybridized carbons (Fsp3) is 0.333. The van der Waals surface area contributed by atoms with Gasteiger partial charge in [-0.2, -0.15) is 0 Å². The van der Waals surface area contributed by atoms with Crippen LogP contribution in [-0.2, 0) is 6.42 Å². The molecular formula is C12H15N. The molecule has 0 aliphatic carbocycles. The van der Waals surface area contributed by atoms with Crippen LogP contribution in [0.4, 0.5) is 0 Å². The molecule has 0 saturated carbocycles. The Morgan fingerprint density at radius 1 is 1.31 bits per heavy atom. The fourth-order valence-electron chi connectivity index (χ4n) is 1.78. The average molecular weight is 173 g/mol. The molecule has 1 N–H and O–H groups in total. The molecule has 68 valence electrons. The zero-order valence-corrected chi connectivity index (χ0v) is 8.22. The molecule has 0 aliphatic heterocycles. The number of rotatable bonds is 2. The second-order valence-corrected chi connectivity index (χ2v) is 3.61. The first-order valence-corrected chi connectivity index (χ1v) is 4.88. The minimum atomic E-state index is 1.17. The van der Waals surface area contributed by atoms with E-state index < -0.39 is 0 Å². The van der Waals surface area contributed by atoms with Gasteiger partial charge in [-0.1, -0.05) is 25.5 Å². The molecule has 0 unspecified atom stereocenters. The molecule has 1 aromatic carbocycles. The van der Waals surface area contributed by atoms with Gasteiger partial charge in [-0.15, -0.1) is 0 Å². The Morgan fingerprint density at radius 3 is 2.92 bits per heavy atom. The van der Waals surface area contributed by atoms with Crippen molar-refractivity contribution in [3.63, 3.8) is 0 Å². The molecule has 0 spiro atoms. The number of hydrogen-bond donors (Lipinski definition) is 1. The predicted octanol–water partition coefficient (Wildman–Crippen LogP) is 3.43. The van der Waals surface area contributed by atoms with Crippen LogP contribution in [0.15, 0.2) is 24.4 Å². The summed E-state index contributed by atoms with van der Waals surface area (Å²) in [4.78, 5) is 3.31. The van der Waals surface area contributed by atoms with Crippen LogP contribution in [0.1, 0.15) is 24.5 Å². The number of aromatic amines is 1. The van der Waals surface area contributed by atoms with E-state index >= 15 is 0 Å². The highest BCUT2D eigenvalue weighted by molar-refractivity contribution is 5.83. The van der Waals surface area contributed by atoms with Gasteiger partial charge in [0.15, 0.2) is 0 Å². The molecule has 0 atom stereocenters. The molecular weight excluding hydrogens is 158 g/mol. The lowest BCUT2D eigenvalue weighted by atomic mass is 10.1. The van der Waals surface area contributed by atoms with Crippen molar-refractivity contribution >= 4 is 10.9 Å². The summed E-state index contributed by atoms with van der Waals surface area (Å²) in [5.74, 6) is 0. The summed E-state index contributed by atoms with van der Waals surface area (Å²) in [5.41, 5.74) is 4.03. The number of hydrogen-bond acceptors (Lipinski definition) is 0. The lowest BCUT2D eigenvalue weighted by molar-refractivity contribution is 0.929. The van der Waals surface area contributed by atoms with E-state index in [-0.39, 0.29) is 0 Å². The maximum Gasteiger partial charge on any atom is 0.0459 e. The smallest absolute Gasteiger partial charge is 0.0459 e. The van der Waals surface area contributed by atoms with E-state index in [0.717, 1.165) is 0 Å². The van der Waals surface area contributed by atoms with Crippen molar-refractivity contribution in [2.45, 2.75) is 26.7 Å². The summed E-state index contributed by atoms with van der Waals surface area (Å²) in [5, 5.41) is 1.38. The summed E-state index contributed by atoms with van der Waals surface area (Å²) in [7, 11) is 0. The number of H-pyrrole nitrogens is 1. The molecule has 2 rings (SSSR count). The van der Waals surface area contributed by atoms with Gasteiger partial charge in [0.1, 0.15) is 0 Å². The molecule has 0 fully saturated rings. The van der Waals surface area contributed by atoms with Crippen LogP contribution >= 0.6 is 0 Å². The minimum Gasteiger partial charge on any atom is -0.361 e. The number of nitrogens with one attached hydrogen (secondary N) is 1. The normalized spacial score (nSPS) is 10.9. The summed E-state index contributed by atoms with van der Waals surface area (Å²) < 4.78 is 0. The molecule has 0 radical (unpaired) electrons. The van der Waals surface area contributed by atoms with Gasteiger partial charge in [-0.05, 0) is 30.5 Å². The van der Waals surface area contributed by atoms with E-state index in [1.165, 1.54) is 34.9 Å². The molecule has 1 heterocycles. The molecule has 1 aromatic heterocycles. The fourth-order valence-corrected chi connectivity index (χ4v) is 1.78. The van der Waals surface area contributed by atoms with E-state index in [4.69, 9.17) is 0 Å². The van der Waals surface area contributed by atoms with E-state index in [1.807, 2.05) is 0 Å². The van der Waals surface area contributed by atoms with Gasteiger partial charge < -0.3 is 4.98 Å². The van der Waals surface area contributed by atoms with Gasteiger partial charge in [0.05, 0.1) is 0 Å². The Hall–Kier alpha value is -1.24. The van der Waals surface area contributed by atoms with Crippen LogP contribution < -0.4 is 0 Å². The van der Waals surface area contributed by atoms with Gasteiger partial charge >= 0.3 is 0 Å². The number of benzene rings is 1. The third kappa shape index (κ3) is 1.46. The molecule has 1 nitrogen and oxygen atoms in total. The van der Waals surface area contributed by atoms with Gasteiger partial charge in [0, 0.05) is 17.1 Å². The summed E-state index contributed by atoms with van der Waals surface area (Å²) in [6.45, 7) is 4.34. The third-order valence-electron chi connectivity index (χ3n) is 2.44. The molecule has 2 aromatic rings. The molecule has 0 aliphatic rings. The first-order chi connectivity index (χ1) is 6.31. The van der Waals surface area contributed by atoms with Crippen molar-refractivity contribution in [3.05, 3.63) is 35.5 Å². The van der Waals surface area contributed by atoms with E-state index in [2.05, 4.69) is 43.2 Å². The second-order valence-electron chi connectivity index (χ2n) is 3.61. The number of aromatic nitrogens is 1. The van der Waals surface area contributed by atoms with Crippen molar-refractivity contribution < 1.29 is 0 Å². The van der Waals surface area contributed by atoms with E-state index in [9.17, 15) is 0 Å². The monoisotopic (exact) mass is 173 g/mol. The van der Waals surface area contributed by atoms with Crippen molar-refractivity contribution in [2.75, 3.05) is 0 Å². The molecule has 0 saturated heterocycles. The summed E-state index contributed by atoms with van der Waals surface area (Å²) in [6.07, 6.45) is 4.51. The first kappa shape index (κ1) is 8.36. The Kier molecular flexibility index (Phi) is 2.09. The van der Waals surface area contributed by atoms with Gasteiger partial charge in [0.2, 0.25) is 0 Å². The van der Waals surface area contributed by atoms with Crippen molar-refractivity contribution in [2.24, 2.45) is 0 Å². The SMILES string of the molecule is CCCc1c[nH]c2cc(C)ccc12. The summed E-state index contributed by atoms with van der Waals surface area (Å²) >= 11 is 0. The van der Waals surface area contributed by atoms with Crippen LogP contribution in [0.3, 0.4) is 0 Å². The quantitative estimate of drug-likeness (QED) is 0.716. The average Bonchev–Trinajstić information content (AvgIpc) is 2.49. The highest BCUT2D eigenvalue weighted by atomic mass is 14.7. The topological polar surface area (TPSA) is 15.8 Å². The largest absolute Gasteiger partial charge is 0.361 e. The van der Waals surface area contributed by atoms with Crippen LogP contribution in [-0.4, -0.2) is 4.98 Å². The zero-order valence-electron chi connectivity index (χ0n) is 8.22. The maximum absolute atomic E-state index is 3.31. The Morgan fingerprint density at radius 2 is 2.15 bits per heavy atom. The number of fused-ring (bicyclic) bond motifs is 1. The Bertz CT molecular complexity index is 412. The van der Waals surface area contributed by atoms with Gasteiger partial charge in [-0.3, -0.25) is 0 Å².